The number of allylic oxidation sites excluding steroid dienone is 1. The first kappa shape index (κ1) is 33.3. The topological polar surface area (TPSA) is 135 Å². The minimum absolute atomic E-state index is 0.0633. The maximum absolute atomic E-state index is 14.6. The number of fused-ring (bicyclic) bond motifs is 2. The number of nitrogens with zero attached hydrogens (tertiary/aromatic N) is 2. The van der Waals surface area contributed by atoms with Gasteiger partial charge in [-0.3, -0.25) is 19.2 Å². The fourth-order valence-corrected chi connectivity index (χ4v) is 7.75. The van der Waals surface area contributed by atoms with E-state index in [1.54, 1.807) is 30.0 Å². The number of likely N-dealkylation sites (tertiary alicyclic amines) is 1. The molecule has 4 aliphatic heterocycles. The van der Waals surface area contributed by atoms with Crippen molar-refractivity contribution in [2.45, 2.75) is 82.0 Å². The van der Waals surface area contributed by atoms with E-state index in [0.29, 0.717) is 16.5 Å². The quantitative estimate of drug-likeness (QED) is 0.357. The molecule has 0 aliphatic carbocycles. The number of methoxy groups -OCH3 is 1. The molecule has 2 saturated heterocycles. The van der Waals surface area contributed by atoms with Gasteiger partial charge in [-0.25, -0.2) is 0 Å². The lowest BCUT2D eigenvalue weighted by atomic mass is 9.74. The summed E-state index contributed by atoms with van der Waals surface area (Å²) in [4.78, 5) is 59.5. The number of carbonyl (C=O) groups excluding carboxylic acids is 4. The van der Waals surface area contributed by atoms with Crippen molar-refractivity contribution in [3.8, 4) is 0 Å². The Morgan fingerprint density at radius 3 is 2.47 bits per heavy atom. The van der Waals surface area contributed by atoms with Crippen molar-refractivity contribution >= 4 is 39.6 Å². The number of benzene rings is 1. The summed E-state index contributed by atoms with van der Waals surface area (Å²) in [7, 11) is 1.50. The number of hydrogen-bond donors (Lipinski definition) is 2. The summed E-state index contributed by atoms with van der Waals surface area (Å²) in [6, 6.07) is 6.47. The standard InChI is InChI=1S/C33H42BrN3O8/c1-19(17-38)37-28-30(41)36(32(2,3)4)15-11-7-10-14-23(39)35-22(18-43-5)26(20-12-8-6-9-13-20)44-31(42)24-25(29(37)40)33(28)16-21(34)27(24)45-33/h6-9,11-13,16,19,22,24-28,38H,10,14-15,17-18H2,1-5H3,(H,35,39)/b11-7-/t19-,22-,24+,25-,26-,27+,28+,33-/m1/s1. The van der Waals surface area contributed by atoms with Gasteiger partial charge in [-0.15, -0.1) is 0 Å². The van der Waals surface area contributed by atoms with Crippen LogP contribution in [0.1, 0.15) is 52.2 Å². The molecule has 8 atom stereocenters. The lowest BCUT2D eigenvalue weighted by molar-refractivity contribution is -0.163. The summed E-state index contributed by atoms with van der Waals surface area (Å²) in [6.45, 7) is 7.28. The Bertz CT molecular complexity index is 1380. The number of hydrogen-bond acceptors (Lipinski definition) is 8. The molecule has 2 fully saturated rings. The van der Waals surface area contributed by atoms with Crippen LogP contribution in [-0.4, -0.2) is 101 Å². The Labute approximate surface area is 272 Å². The maximum Gasteiger partial charge on any atom is 0.313 e. The Hall–Kier alpha value is -3.06. The highest BCUT2D eigenvalue weighted by atomic mass is 79.9. The number of carbonyl (C=O) groups is 4. The third kappa shape index (κ3) is 5.97. The molecule has 4 heterocycles. The normalized spacial score (nSPS) is 33.9. The van der Waals surface area contributed by atoms with Gasteiger partial charge in [0.1, 0.15) is 29.8 Å². The SMILES string of the molecule is COC[C@H]1NC(=O)CC/C=C\CN(C(C)(C)C)C(=O)[C@@H]2N([C@H](C)CO)C(=O)[C@H]3[C@H](C(=O)O[C@@H]1c1ccccc1)[C@H]1O[C@@]23C=C1Br. The molecule has 4 aliphatic rings. The summed E-state index contributed by atoms with van der Waals surface area (Å²) in [6.07, 6.45) is 4.22. The Morgan fingerprint density at radius 2 is 1.82 bits per heavy atom. The minimum Gasteiger partial charge on any atom is -0.455 e. The number of aliphatic hydroxyl groups is 1. The zero-order chi connectivity index (χ0) is 32.7. The fraction of sp³-hybridized carbons (Fsp3) is 0.576. The Kier molecular flexibility index (Phi) is 9.61. The van der Waals surface area contributed by atoms with Gasteiger partial charge < -0.3 is 34.4 Å². The van der Waals surface area contributed by atoms with Crippen LogP contribution in [0.25, 0.3) is 0 Å². The highest BCUT2D eigenvalue weighted by Gasteiger charge is 2.75. The molecule has 1 aromatic carbocycles. The van der Waals surface area contributed by atoms with Gasteiger partial charge in [0.2, 0.25) is 17.7 Å². The molecule has 0 aromatic heterocycles. The highest BCUT2D eigenvalue weighted by Crippen LogP contribution is 2.59. The molecule has 244 valence electrons. The molecular formula is C33H42BrN3O8. The summed E-state index contributed by atoms with van der Waals surface area (Å²) in [5.74, 6) is -3.93. The van der Waals surface area contributed by atoms with Crippen LogP contribution in [0.15, 0.2) is 53.0 Å². The second kappa shape index (κ2) is 13.0. The second-order valence-electron chi connectivity index (χ2n) is 13.1. The largest absolute Gasteiger partial charge is 0.455 e. The number of halogens is 1. The van der Waals surface area contributed by atoms with Crippen LogP contribution in [0, 0.1) is 11.8 Å². The second-order valence-corrected chi connectivity index (χ2v) is 14.0. The average molecular weight is 689 g/mol. The molecule has 2 N–H and O–H groups in total. The molecule has 5 rings (SSSR count). The van der Waals surface area contributed by atoms with Crippen LogP contribution < -0.4 is 5.32 Å². The minimum atomic E-state index is -1.46. The van der Waals surface area contributed by atoms with E-state index in [9.17, 15) is 24.3 Å². The van der Waals surface area contributed by atoms with E-state index < -0.39 is 65.2 Å². The predicted molar refractivity (Wildman–Crippen MR) is 168 cm³/mol. The zero-order valence-corrected chi connectivity index (χ0v) is 27.9. The van der Waals surface area contributed by atoms with Crippen LogP contribution >= 0.6 is 15.9 Å². The predicted octanol–water partition coefficient (Wildman–Crippen LogP) is 2.63. The van der Waals surface area contributed by atoms with Gasteiger partial charge in [-0.2, -0.15) is 0 Å². The van der Waals surface area contributed by atoms with Gasteiger partial charge in [-0.05, 0) is 45.8 Å². The van der Waals surface area contributed by atoms with Crippen molar-refractivity contribution < 1.29 is 38.5 Å². The summed E-state index contributed by atoms with van der Waals surface area (Å²) >= 11 is 3.57. The van der Waals surface area contributed by atoms with E-state index in [4.69, 9.17) is 14.2 Å². The van der Waals surface area contributed by atoms with Crippen LogP contribution in [0.5, 0.6) is 0 Å². The van der Waals surface area contributed by atoms with Crippen LogP contribution in [0.3, 0.4) is 0 Å². The molecule has 1 aromatic rings. The molecule has 3 amide bonds. The zero-order valence-electron chi connectivity index (χ0n) is 26.3. The maximum atomic E-state index is 14.6. The number of esters is 1. The molecular weight excluding hydrogens is 646 g/mol. The van der Waals surface area contributed by atoms with E-state index in [1.807, 2.05) is 51.1 Å². The molecule has 1 spiro atoms. The van der Waals surface area contributed by atoms with Crippen LogP contribution in [-0.2, 0) is 33.4 Å². The third-order valence-corrected chi connectivity index (χ3v) is 9.79. The molecule has 0 saturated carbocycles. The molecule has 45 heavy (non-hydrogen) atoms. The van der Waals surface area contributed by atoms with Crippen molar-refractivity contribution in [1.82, 2.24) is 15.1 Å². The first-order valence-corrected chi connectivity index (χ1v) is 16.1. The van der Waals surface area contributed by atoms with Crippen LogP contribution in [0.4, 0.5) is 0 Å². The summed E-state index contributed by atoms with van der Waals surface area (Å²) < 4.78 is 18.8. The van der Waals surface area contributed by atoms with Gasteiger partial charge >= 0.3 is 5.97 Å². The van der Waals surface area contributed by atoms with Crippen LogP contribution in [0.2, 0.25) is 0 Å². The third-order valence-electron chi connectivity index (χ3n) is 9.11. The number of amides is 3. The Morgan fingerprint density at radius 1 is 1.11 bits per heavy atom. The van der Waals surface area contributed by atoms with Crippen molar-refractivity contribution in [1.29, 1.82) is 0 Å². The molecule has 5 bridgehead atoms. The molecule has 12 heteroatoms. The van der Waals surface area contributed by atoms with Crippen molar-refractivity contribution in [3.63, 3.8) is 0 Å². The van der Waals surface area contributed by atoms with E-state index in [0.717, 1.165) is 0 Å². The van der Waals surface area contributed by atoms with Gasteiger partial charge in [0.25, 0.3) is 0 Å². The van der Waals surface area contributed by atoms with Crippen molar-refractivity contribution in [2.24, 2.45) is 11.8 Å². The van der Waals surface area contributed by atoms with E-state index in [2.05, 4.69) is 21.2 Å². The molecule has 0 unspecified atom stereocenters. The van der Waals surface area contributed by atoms with E-state index in [1.165, 1.54) is 12.0 Å². The number of nitrogens with one attached hydrogen (secondary N) is 1. The fourth-order valence-electron chi connectivity index (χ4n) is 7.01. The van der Waals surface area contributed by atoms with Gasteiger partial charge in [0.15, 0.2) is 0 Å². The summed E-state index contributed by atoms with van der Waals surface area (Å²) in [5, 5.41) is 13.2. The Balaban J connectivity index is 1.65. The monoisotopic (exact) mass is 687 g/mol. The van der Waals surface area contributed by atoms with Crippen molar-refractivity contribution in [2.75, 3.05) is 26.9 Å². The van der Waals surface area contributed by atoms with Gasteiger partial charge in [-0.1, -0.05) is 58.4 Å². The number of ether oxygens (including phenoxy) is 3. The number of rotatable bonds is 5. The summed E-state index contributed by atoms with van der Waals surface area (Å²) in [5.41, 5.74) is -1.48. The van der Waals surface area contributed by atoms with Gasteiger partial charge in [0, 0.05) is 30.1 Å². The smallest absolute Gasteiger partial charge is 0.313 e. The molecule has 11 nitrogen and oxygen atoms in total. The lowest BCUT2D eigenvalue weighted by Gasteiger charge is -2.42. The number of aliphatic hydroxyl groups excluding tert-OH is 1. The number of cyclic esters (lactones) is 1. The van der Waals surface area contributed by atoms with Gasteiger partial charge in [0.05, 0.1) is 31.2 Å². The average Bonchev–Trinajstić information content (AvgIpc) is 3.59. The van der Waals surface area contributed by atoms with Crippen molar-refractivity contribution in [3.05, 3.63) is 58.6 Å². The lowest BCUT2D eigenvalue weighted by Crippen LogP contribution is -2.61. The molecule has 0 radical (unpaired) electrons. The highest BCUT2D eigenvalue weighted by molar-refractivity contribution is 9.11. The first-order chi connectivity index (χ1) is 21.4. The van der Waals surface area contributed by atoms with E-state index in [-0.39, 0.29) is 38.0 Å². The van der Waals surface area contributed by atoms with E-state index >= 15 is 0 Å². The first-order valence-electron chi connectivity index (χ1n) is 15.3.